The Hall–Kier alpha value is -6.81. The summed E-state index contributed by atoms with van der Waals surface area (Å²) in [6, 6.07) is 24.1. The summed E-state index contributed by atoms with van der Waals surface area (Å²) in [4.78, 5) is 69.1. The third-order valence-electron chi connectivity index (χ3n) is 16.1. The summed E-state index contributed by atoms with van der Waals surface area (Å²) in [7, 11) is 0. The highest BCUT2D eigenvalue weighted by atomic mass is 32.1. The number of anilines is 1. The van der Waals surface area contributed by atoms with Gasteiger partial charge < -0.3 is 35.2 Å². The normalized spacial score (nSPS) is 21.3. The Morgan fingerprint density at radius 2 is 1.68 bits per heavy atom. The summed E-state index contributed by atoms with van der Waals surface area (Å²) >= 11 is 1.58. The van der Waals surface area contributed by atoms with E-state index in [9.17, 15) is 42.7 Å². The minimum absolute atomic E-state index is 0.00530. The summed E-state index contributed by atoms with van der Waals surface area (Å²) in [5.74, 6) is -1.38. The zero-order valence-corrected chi connectivity index (χ0v) is 45.4. The van der Waals surface area contributed by atoms with E-state index in [1.807, 2.05) is 103 Å². The van der Waals surface area contributed by atoms with Crippen LogP contribution in [0.3, 0.4) is 0 Å². The molecule has 2 saturated heterocycles. The van der Waals surface area contributed by atoms with Crippen molar-refractivity contribution in [2.24, 2.45) is 16.7 Å². The van der Waals surface area contributed by atoms with Gasteiger partial charge in [-0.2, -0.15) is 18.4 Å². The molecule has 5 aromatic rings. The topological polar surface area (TPSA) is 171 Å². The predicted molar refractivity (Wildman–Crippen MR) is 288 cm³/mol. The number of aliphatic hydroxyl groups excluding tert-OH is 1. The van der Waals surface area contributed by atoms with Crippen molar-refractivity contribution in [1.82, 2.24) is 30.3 Å². The molecule has 3 atom stereocenters. The second-order valence-corrected chi connectivity index (χ2v) is 23.4. The molecule has 4 amide bonds. The molecule has 0 bridgehead atoms. The number of halogens is 3. The van der Waals surface area contributed by atoms with Crippen LogP contribution in [-0.2, 0) is 35.3 Å². The van der Waals surface area contributed by atoms with Crippen LogP contribution in [0.15, 0.2) is 90.4 Å². The Morgan fingerprint density at radius 1 is 0.961 bits per heavy atom. The Kier molecular flexibility index (Phi) is 15.6. The van der Waals surface area contributed by atoms with Crippen molar-refractivity contribution in [2.75, 3.05) is 44.2 Å². The van der Waals surface area contributed by atoms with Crippen LogP contribution in [0.1, 0.15) is 109 Å². The van der Waals surface area contributed by atoms with Gasteiger partial charge in [0, 0.05) is 85.9 Å². The number of likely N-dealkylation sites (tertiary alicyclic amines) is 1. The van der Waals surface area contributed by atoms with E-state index in [2.05, 4.69) is 37.6 Å². The number of nitriles is 1. The molecule has 1 aromatic heterocycles. The van der Waals surface area contributed by atoms with Crippen molar-refractivity contribution < 1.29 is 42.2 Å². The number of aliphatic hydroxyl groups is 1. The third kappa shape index (κ3) is 11.2. The SMILES string of the molecule is Cc1ncsc1-c1ccc(CNC(=O)[C@@H]2C[C@@H](O)CN2C(=O)[C@H](C(C)C)N2Cc3ccccc3C2=O)c(N2CCN(CCCc3ccc(C(=O)N[C@H]4C(C)(C)[C@H](Oc5ccc(C#N)c(C(F)(F)F)c5)C4(C)C)cc3)CC2)c1. The Bertz CT molecular complexity index is 3060. The van der Waals surface area contributed by atoms with Crippen LogP contribution in [0.4, 0.5) is 18.9 Å². The van der Waals surface area contributed by atoms with Crippen molar-refractivity contribution in [2.45, 2.75) is 117 Å². The second kappa shape index (κ2) is 21.9. The summed E-state index contributed by atoms with van der Waals surface area (Å²) in [5, 5.41) is 26.4. The van der Waals surface area contributed by atoms with Crippen LogP contribution in [0.25, 0.3) is 10.4 Å². The molecule has 18 heteroatoms. The van der Waals surface area contributed by atoms with Gasteiger partial charge in [-0.1, -0.05) is 84.0 Å². The third-order valence-corrected chi connectivity index (χ3v) is 17.1. The van der Waals surface area contributed by atoms with Gasteiger partial charge in [0.05, 0.1) is 39.4 Å². The molecule has 1 aliphatic carbocycles. The molecule has 4 aromatic carbocycles. The number of aromatic nitrogens is 1. The molecule has 3 fully saturated rings. The van der Waals surface area contributed by atoms with E-state index in [0.29, 0.717) is 17.7 Å². The number of amides is 4. The summed E-state index contributed by atoms with van der Waals surface area (Å²) in [5.41, 5.74) is 6.03. The average molecular weight is 1070 g/mol. The molecule has 0 unspecified atom stereocenters. The number of carbonyl (C=O) groups excluding carboxylic acids is 4. The first-order chi connectivity index (χ1) is 36.6. The van der Waals surface area contributed by atoms with Gasteiger partial charge in [0.1, 0.15) is 23.9 Å². The molecule has 0 radical (unpaired) electrons. The van der Waals surface area contributed by atoms with Crippen LogP contribution in [0, 0.1) is 35.0 Å². The van der Waals surface area contributed by atoms with Crippen molar-refractivity contribution >= 4 is 40.7 Å². The number of hydrogen-bond acceptors (Lipinski definition) is 11. The largest absolute Gasteiger partial charge is 0.489 e. The van der Waals surface area contributed by atoms with E-state index >= 15 is 0 Å². The number of aryl methyl sites for hydroxylation is 2. The number of β-amino-alcohol motifs (C(OH)–C–C–N with tert-alkyl or cyclic N) is 1. The predicted octanol–water partition coefficient (Wildman–Crippen LogP) is 8.63. The number of nitrogens with zero attached hydrogens (tertiary/aromatic N) is 6. The lowest BCUT2D eigenvalue weighted by atomic mass is 9.49. The fraction of sp³-hybridized carbons (Fsp3) is 0.458. The lowest BCUT2D eigenvalue weighted by Crippen LogP contribution is -2.74. The Balaban J connectivity index is 0.782. The van der Waals surface area contributed by atoms with Crippen LogP contribution in [0.5, 0.6) is 5.75 Å². The molecule has 9 rings (SSSR count). The number of carbonyl (C=O) groups is 4. The molecule has 14 nitrogen and oxygen atoms in total. The molecule has 4 aliphatic rings. The number of fused-ring (bicyclic) bond motifs is 1. The lowest BCUT2D eigenvalue weighted by molar-refractivity contribution is -0.164. The highest BCUT2D eigenvalue weighted by Gasteiger charge is 2.64. The molecule has 3 aliphatic heterocycles. The fourth-order valence-corrected chi connectivity index (χ4v) is 13.2. The summed E-state index contributed by atoms with van der Waals surface area (Å²) < 4.78 is 47.2. The highest BCUT2D eigenvalue weighted by molar-refractivity contribution is 7.13. The van der Waals surface area contributed by atoms with Gasteiger partial charge in [0.15, 0.2) is 0 Å². The zero-order chi connectivity index (χ0) is 55.1. The monoisotopic (exact) mass is 1070 g/mol. The first-order valence-electron chi connectivity index (χ1n) is 26.4. The van der Waals surface area contributed by atoms with E-state index in [4.69, 9.17) is 4.74 Å². The highest BCUT2D eigenvalue weighted by Crippen LogP contribution is 2.56. The number of benzene rings is 4. The molecule has 1 saturated carbocycles. The molecular formula is C59H67F3N8O6S. The van der Waals surface area contributed by atoms with Crippen LogP contribution < -0.4 is 20.3 Å². The zero-order valence-electron chi connectivity index (χ0n) is 44.6. The number of thiazole rings is 1. The Morgan fingerprint density at radius 3 is 2.32 bits per heavy atom. The van der Waals surface area contributed by atoms with Gasteiger partial charge in [-0.25, -0.2) is 4.98 Å². The molecule has 77 heavy (non-hydrogen) atoms. The number of hydrogen-bond donors (Lipinski definition) is 3. The number of ether oxygens (including phenoxy) is 1. The minimum Gasteiger partial charge on any atom is -0.489 e. The summed E-state index contributed by atoms with van der Waals surface area (Å²) in [6.07, 6.45) is -4.28. The second-order valence-electron chi connectivity index (χ2n) is 22.5. The van der Waals surface area contributed by atoms with E-state index in [0.717, 1.165) is 96.2 Å². The number of rotatable bonds is 16. The van der Waals surface area contributed by atoms with Gasteiger partial charge in [0.2, 0.25) is 11.8 Å². The van der Waals surface area contributed by atoms with Gasteiger partial charge in [0.25, 0.3) is 11.8 Å². The van der Waals surface area contributed by atoms with Gasteiger partial charge in [-0.15, -0.1) is 11.3 Å². The van der Waals surface area contributed by atoms with Crippen molar-refractivity contribution in [3.8, 4) is 22.3 Å². The smallest absolute Gasteiger partial charge is 0.417 e. The minimum atomic E-state index is -4.71. The number of nitrogens with one attached hydrogen (secondary N) is 2. The van der Waals surface area contributed by atoms with Crippen molar-refractivity contribution in [3.05, 3.63) is 135 Å². The first-order valence-corrected chi connectivity index (χ1v) is 27.3. The van der Waals surface area contributed by atoms with E-state index in [1.165, 1.54) is 11.0 Å². The van der Waals surface area contributed by atoms with Crippen LogP contribution in [0.2, 0.25) is 0 Å². The van der Waals surface area contributed by atoms with Gasteiger partial charge in [-0.3, -0.25) is 24.1 Å². The van der Waals surface area contributed by atoms with Gasteiger partial charge >= 0.3 is 6.18 Å². The standard InChI is InChI=1S/C59H67F3N8O6S/c1-35(2)49(70-32-42-12-8-9-13-45(42)53(70)74)54(75)69-33-43(71)28-48(69)52(73)64-31-41-19-18-39(50-36(3)65-34-77-50)27-47(41)68-25-23-67(24-26-68)22-10-11-37-14-16-38(17-15-37)51(72)66-55-57(4,5)56(58(55,6)7)76-44-21-20-40(30-63)46(29-44)59(60,61)62/h8-9,12-21,27,29,34-35,43,48-49,55-56,71H,10-11,22-26,28,31-33H2,1-7H3,(H,64,73)(H,66,72)/t43-,48+,49+,55-,56-/m1/s1. The lowest BCUT2D eigenvalue weighted by Gasteiger charge is -2.63. The van der Waals surface area contributed by atoms with Crippen molar-refractivity contribution in [1.29, 1.82) is 5.26 Å². The fourth-order valence-electron chi connectivity index (χ4n) is 12.4. The molecule has 4 heterocycles. The molecule has 406 valence electrons. The Labute approximate surface area is 452 Å². The quantitative estimate of drug-likeness (QED) is 0.0869. The maximum Gasteiger partial charge on any atom is 0.417 e. The maximum absolute atomic E-state index is 14.4. The number of alkyl halides is 3. The van der Waals surface area contributed by atoms with Crippen molar-refractivity contribution in [3.63, 3.8) is 0 Å². The average Bonchev–Trinajstić information content (AvgIpc) is 4.29. The molecular weight excluding hydrogens is 1010 g/mol. The van der Waals surface area contributed by atoms with E-state index in [1.54, 1.807) is 28.4 Å². The molecule has 0 spiro atoms. The summed E-state index contributed by atoms with van der Waals surface area (Å²) in [6.45, 7) is 18.0. The first kappa shape index (κ1) is 55.0. The van der Waals surface area contributed by atoms with E-state index < -0.39 is 52.4 Å². The van der Waals surface area contributed by atoms with Crippen LogP contribution in [-0.4, -0.2) is 118 Å². The molecule has 3 N–H and O–H groups in total. The number of piperazine rings is 1. The maximum atomic E-state index is 14.4. The van der Waals surface area contributed by atoms with Gasteiger partial charge in [-0.05, 0) is 96.9 Å². The van der Waals surface area contributed by atoms with E-state index in [-0.39, 0.29) is 60.8 Å². The van der Waals surface area contributed by atoms with Crippen LogP contribution >= 0.6 is 11.3 Å².